The molecule has 1 unspecified atom stereocenters. The Morgan fingerprint density at radius 1 is 1.30 bits per heavy atom. The zero-order valence-corrected chi connectivity index (χ0v) is 14.0. The van der Waals surface area contributed by atoms with Crippen LogP contribution >= 0.6 is 15.9 Å². The largest absolute Gasteiger partial charge is 0.382 e. The van der Waals surface area contributed by atoms with Crippen molar-refractivity contribution in [2.24, 2.45) is 0 Å². The molecule has 6 nitrogen and oxygen atoms in total. The van der Waals surface area contributed by atoms with E-state index in [0.29, 0.717) is 34.9 Å². The third kappa shape index (κ3) is 3.25. The van der Waals surface area contributed by atoms with E-state index in [1.54, 1.807) is 6.08 Å². The Balaban J connectivity index is 1.98. The smallest absolute Gasteiger partial charge is 0.179 e. The third-order valence-electron chi connectivity index (χ3n) is 3.45. The molecular formula is C16H16BrN5O. The molecule has 2 heterocycles. The average molecular weight is 374 g/mol. The molecule has 3 rings (SSSR count). The van der Waals surface area contributed by atoms with E-state index in [4.69, 9.17) is 10.5 Å². The van der Waals surface area contributed by atoms with Crippen molar-refractivity contribution in [3.05, 3.63) is 59.6 Å². The molecule has 2 aromatic heterocycles. The number of imidazole rings is 1. The van der Waals surface area contributed by atoms with E-state index in [0.717, 1.165) is 5.56 Å². The zero-order chi connectivity index (χ0) is 16.2. The number of rotatable bonds is 6. The monoisotopic (exact) mass is 373 g/mol. The maximum absolute atomic E-state index is 5.92. The van der Waals surface area contributed by atoms with Gasteiger partial charge in [0.25, 0.3) is 0 Å². The Hall–Kier alpha value is -2.25. The fourth-order valence-corrected chi connectivity index (χ4v) is 2.85. The highest BCUT2D eigenvalue weighted by Crippen LogP contribution is 2.26. The highest BCUT2D eigenvalue weighted by Gasteiger charge is 2.18. The second-order valence-electron chi connectivity index (χ2n) is 4.94. The standard InChI is InChI=1S/C16H16BrN5O/c1-2-8-23-12(11-6-4-3-5-7-11)9-22-15-13(21-16(22)17)14(18)19-10-20-15/h2-7,10,12H,1,8-9H2,(H2,18,19,20). The van der Waals surface area contributed by atoms with Crippen LogP contribution in [0.25, 0.3) is 11.2 Å². The maximum Gasteiger partial charge on any atom is 0.179 e. The van der Waals surface area contributed by atoms with Gasteiger partial charge in [-0.3, -0.25) is 0 Å². The van der Waals surface area contributed by atoms with Crippen molar-refractivity contribution in [3.63, 3.8) is 0 Å². The molecule has 2 N–H and O–H groups in total. The van der Waals surface area contributed by atoms with E-state index in [1.165, 1.54) is 6.33 Å². The van der Waals surface area contributed by atoms with Crippen LogP contribution in [-0.4, -0.2) is 26.1 Å². The van der Waals surface area contributed by atoms with E-state index in [-0.39, 0.29) is 6.10 Å². The Morgan fingerprint density at radius 2 is 2.09 bits per heavy atom. The molecule has 0 aliphatic heterocycles. The highest BCUT2D eigenvalue weighted by atomic mass is 79.9. The minimum atomic E-state index is -0.154. The molecule has 0 spiro atoms. The van der Waals surface area contributed by atoms with Crippen molar-refractivity contribution in [2.45, 2.75) is 12.6 Å². The SMILES string of the molecule is C=CCOC(Cn1c(Br)nc2c(N)ncnc21)c1ccccc1. The molecule has 0 bridgehead atoms. The van der Waals surface area contributed by atoms with Gasteiger partial charge in [0.1, 0.15) is 12.4 Å². The number of hydrogen-bond donors (Lipinski definition) is 1. The maximum atomic E-state index is 5.92. The number of fused-ring (bicyclic) bond motifs is 1. The molecule has 3 aromatic rings. The van der Waals surface area contributed by atoms with Crippen molar-refractivity contribution in [2.75, 3.05) is 12.3 Å². The summed E-state index contributed by atoms with van der Waals surface area (Å²) in [5.74, 6) is 0.359. The third-order valence-corrected chi connectivity index (χ3v) is 4.05. The highest BCUT2D eigenvalue weighted by molar-refractivity contribution is 9.10. The Morgan fingerprint density at radius 3 is 2.83 bits per heavy atom. The van der Waals surface area contributed by atoms with Crippen LogP contribution in [0.2, 0.25) is 0 Å². The summed E-state index contributed by atoms with van der Waals surface area (Å²) in [4.78, 5) is 12.7. The lowest BCUT2D eigenvalue weighted by molar-refractivity contribution is 0.0610. The van der Waals surface area contributed by atoms with Crippen LogP contribution in [0.3, 0.4) is 0 Å². The van der Waals surface area contributed by atoms with Crippen LogP contribution in [0.5, 0.6) is 0 Å². The minimum absolute atomic E-state index is 0.154. The fourth-order valence-electron chi connectivity index (χ4n) is 2.36. The number of anilines is 1. The molecule has 7 heteroatoms. The summed E-state index contributed by atoms with van der Waals surface area (Å²) >= 11 is 3.47. The summed E-state index contributed by atoms with van der Waals surface area (Å²) in [6.07, 6.45) is 3.01. The molecule has 1 aromatic carbocycles. The number of nitrogens with zero attached hydrogens (tertiary/aromatic N) is 4. The number of halogens is 1. The lowest BCUT2D eigenvalue weighted by Crippen LogP contribution is -2.13. The number of nitrogen functional groups attached to an aromatic ring is 1. The molecule has 0 radical (unpaired) electrons. The summed E-state index contributed by atoms with van der Waals surface area (Å²) in [6.45, 7) is 4.72. The van der Waals surface area contributed by atoms with Crippen LogP contribution in [0.1, 0.15) is 11.7 Å². The molecule has 0 aliphatic rings. The van der Waals surface area contributed by atoms with Gasteiger partial charge in [-0.15, -0.1) is 6.58 Å². The normalized spacial score (nSPS) is 12.4. The van der Waals surface area contributed by atoms with Gasteiger partial charge in [0.05, 0.1) is 13.2 Å². The molecule has 0 amide bonds. The first-order chi connectivity index (χ1) is 11.2. The van der Waals surface area contributed by atoms with Gasteiger partial charge >= 0.3 is 0 Å². The van der Waals surface area contributed by atoms with Gasteiger partial charge in [-0.25, -0.2) is 15.0 Å². The summed E-state index contributed by atoms with van der Waals surface area (Å²) < 4.78 is 8.49. The van der Waals surface area contributed by atoms with Gasteiger partial charge < -0.3 is 15.0 Å². The number of ether oxygens (including phenoxy) is 1. The number of benzene rings is 1. The Bertz CT molecular complexity index is 818. The number of nitrogens with two attached hydrogens (primary N) is 1. The predicted molar refractivity (Wildman–Crippen MR) is 92.8 cm³/mol. The number of aromatic nitrogens is 4. The Labute approximate surface area is 142 Å². The summed E-state index contributed by atoms with van der Waals surface area (Å²) in [7, 11) is 0. The van der Waals surface area contributed by atoms with Crippen LogP contribution in [0.4, 0.5) is 5.82 Å². The van der Waals surface area contributed by atoms with Crippen molar-refractivity contribution >= 4 is 32.9 Å². The molecule has 118 valence electrons. The van der Waals surface area contributed by atoms with Crippen LogP contribution in [0.15, 0.2) is 54.0 Å². The van der Waals surface area contributed by atoms with Crippen LogP contribution < -0.4 is 5.73 Å². The lowest BCUT2D eigenvalue weighted by atomic mass is 10.1. The first kappa shape index (κ1) is 15.6. The average Bonchev–Trinajstić information content (AvgIpc) is 2.89. The van der Waals surface area contributed by atoms with Crippen LogP contribution in [-0.2, 0) is 11.3 Å². The topological polar surface area (TPSA) is 78.9 Å². The van der Waals surface area contributed by atoms with E-state index in [1.807, 2.05) is 34.9 Å². The molecule has 0 saturated carbocycles. The predicted octanol–water partition coefficient (Wildman–Crippen LogP) is 3.11. The lowest BCUT2D eigenvalue weighted by Gasteiger charge is -2.19. The fraction of sp³-hybridized carbons (Fsp3) is 0.188. The van der Waals surface area contributed by atoms with E-state index < -0.39 is 0 Å². The molecule has 1 atom stereocenters. The summed E-state index contributed by atoms with van der Waals surface area (Å²) in [5, 5.41) is 0. The van der Waals surface area contributed by atoms with Gasteiger partial charge in [0.15, 0.2) is 21.7 Å². The summed E-state index contributed by atoms with van der Waals surface area (Å²) in [5.41, 5.74) is 8.19. The molecular weight excluding hydrogens is 358 g/mol. The zero-order valence-electron chi connectivity index (χ0n) is 12.4. The second kappa shape index (κ2) is 6.89. The second-order valence-corrected chi connectivity index (χ2v) is 5.65. The van der Waals surface area contributed by atoms with E-state index in [2.05, 4.69) is 37.5 Å². The van der Waals surface area contributed by atoms with Gasteiger partial charge in [0, 0.05) is 0 Å². The van der Waals surface area contributed by atoms with Gasteiger partial charge in [-0.05, 0) is 21.5 Å². The Kier molecular flexibility index (Phi) is 4.68. The van der Waals surface area contributed by atoms with Crippen molar-refractivity contribution in [3.8, 4) is 0 Å². The number of hydrogen-bond acceptors (Lipinski definition) is 5. The van der Waals surface area contributed by atoms with Gasteiger partial charge in [0.2, 0.25) is 0 Å². The van der Waals surface area contributed by atoms with Crippen molar-refractivity contribution < 1.29 is 4.74 Å². The van der Waals surface area contributed by atoms with Gasteiger partial charge in [-0.2, -0.15) is 0 Å². The molecule has 0 saturated heterocycles. The molecule has 0 fully saturated rings. The molecule has 0 aliphatic carbocycles. The van der Waals surface area contributed by atoms with E-state index in [9.17, 15) is 0 Å². The first-order valence-electron chi connectivity index (χ1n) is 7.10. The summed E-state index contributed by atoms with van der Waals surface area (Å²) in [6, 6.07) is 10.0. The van der Waals surface area contributed by atoms with Crippen molar-refractivity contribution in [1.82, 2.24) is 19.5 Å². The van der Waals surface area contributed by atoms with Gasteiger partial charge in [-0.1, -0.05) is 36.4 Å². The first-order valence-corrected chi connectivity index (χ1v) is 7.89. The van der Waals surface area contributed by atoms with Crippen LogP contribution in [0, 0.1) is 0 Å². The molecule has 23 heavy (non-hydrogen) atoms. The van der Waals surface area contributed by atoms with E-state index >= 15 is 0 Å². The quantitative estimate of drug-likeness (QED) is 0.530. The minimum Gasteiger partial charge on any atom is -0.382 e. The van der Waals surface area contributed by atoms with Crippen molar-refractivity contribution in [1.29, 1.82) is 0 Å².